The summed E-state index contributed by atoms with van der Waals surface area (Å²) in [7, 11) is 0. The van der Waals surface area contributed by atoms with Gasteiger partial charge in [0.25, 0.3) is 0 Å². The van der Waals surface area contributed by atoms with Crippen molar-refractivity contribution in [1.82, 2.24) is 5.32 Å². The Hall–Kier alpha value is -1.26. The van der Waals surface area contributed by atoms with Gasteiger partial charge < -0.3 is 19.9 Å². The summed E-state index contributed by atoms with van der Waals surface area (Å²) < 4.78 is 10.7. The molecule has 1 unspecified atom stereocenters. The van der Waals surface area contributed by atoms with E-state index in [4.69, 9.17) is 9.47 Å². The molecule has 0 bridgehead atoms. The van der Waals surface area contributed by atoms with E-state index >= 15 is 0 Å². The minimum Gasteiger partial charge on any atom is -0.454 e. The lowest BCUT2D eigenvalue weighted by Crippen LogP contribution is -2.39. The molecule has 0 spiro atoms. The molecule has 110 valence electrons. The number of rotatable bonds is 6. The van der Waals surface area contributed by atoms with Crippen molar-refractivity contribution in [1.29, 1.82) is 0 Å². The number of nitrogens with one attached hydrogen (secondary N) is 1. The molecule has 1 fully saturated rings. The SMILES string of the molecule is CC(CCc1ccc2c(c1)OCO2)NCC1CC(O)C1. The minimum atomic E-state index is -0.0502. The molecule has 3 rings (SSSR count). The molecule has 1 aliphatic heterocycles. The van der Waals surface area contributed by atoms with Gasteiger partial charge in [0.15, 0.2) is 11.5 Å². The van der Waals surface area contributed by atoms with Gasteiger partial charge in [0.05, 0.1) is 6.10 Å². The monoisotopic (exact) mass is 277 g/mol. The summed E-state index contributed by atoms with van der Waals surface area (Å²) in [4.78, 5) is 0. The molecule has 2 aliphatic rings. The average molecular weight is 277 g/mol. The maximum atomic E-state index is 9.26. The van der Waals surface area contributed by atoms with Gasteiger partial charge in [-0.2, -0.15) is 0 Å². The lowest BCUT2D eigenvalue weighted by molar-refractivity contribution is 0.0420. The fourth-order valence-electron chi connectivity index (χ4n) is 2.82. The Morgan fingerprint density at radius 2 is 2.10 bits per heavy atom. The molecule has 0 radical (unpaired) electrons. The van der Waals surface area contributed by atoms with Gasteiger partial charge >= 0.3 is 0 Å². The van der Waals surface area contributed by atoms with Crippen LogP contribution in [0.2, 0.25) is 0 Å². The van der Waals surface area contributed by atoms with Crippen LogP contribution < -0.4 is 14.8 Å². The van der Waals surface area contributed by atoms with E-state index in [1.54, 1.807) is 0 Å². The number of benzene rings is 1. The molecule has 1 aliphatic carbocycles. The highest BCUT2D eigenvalue weighted by Gasteiger charge is 2.26. The van der Waals surface area contributed by atoms with Gasteiger partial charge in [0, 0.05) is 6.04 Å². The van der Waals surface area contributed by atoms with Crippen molar-refractivity contribution in [3.05, 3.63) is 23.8 Å². The fraction of sp³-hybridized carbons (Fsp3) is 0.625. The van der Waals surface area contributed by atoms with Crippen molar-refractivity contribution in [2.75, 3.05) is 13.3 Å². The maximum Gasteiger partial charge on any atom is 0.231 e. The lowest BCUT2D eigenvalue weighted by atomic mass is 9.82. The second-order valence-electron chi connectivity index (χ2n) is 6.03. The first-order chi connectivity index (χ1) is 9.70. The number of hydrogen-bond donors (Lipinski definition) is 2. The van der Waals surface area contributed by atoms with Crippen molar-refractivity contribution in [3.8, 4) is 11.5 Å². The zero-order valence-electron chi connectivity index (χ0n) is 12.0. The predicted molar refractivity (Wildman–Crippen MR) is 77.1 cm³/mol. The summed E-state index contributed by atoms with van der Waals surface area (Å²) >= 11 is 0. The number of fused-ring (bicyclic) bond motifs is 1. The zero-order chi connectivity index (χ0) is 13.9. The molecule has 1 aromatic rings. The van der Waals surface area contributed by atoms with E-state index in [-0.39, 0.29) is 6.10 Å². The molecule has 2 N–H and O–H groups in total. The van der Waals surface area contributed by atoms with Crippen LogP contribution in [-0.2, 0) is 6.42 Å². The van der Waals surface area contributed by atoms with Crippen molar-refractivity contribution in [2.24, 2.45) is 5.92 Å². The summed E-state index contributed by atoms with van der Waals surface area (Å²) in [5.41, 5.74) is 1.29. The highest BCUT2D eigenvalue weighted by Crippen LogP contribution is 2.32. The van der Waals surface area contributed by atoms with Gasteiger partial charge in [-0.05, 0) is 62.8 Å². The van der Waals surface area contributed by atoms with E-state index in [2.05, 4.69) is 24.4 Å². The average Bonchev–Trinajstić information content (AvgIpc) is 2.87. The van der Waals surface area contributed by atoms with E-state index in [1.165, 1.54) is 5.56 Å². The molecule has 1 saturated carbocycles. The van der Waals surface area contributed by atoms with Gasteiger partial charge in [0.2, 0.25) is 6.79 Å². The smallest absolute Gasteiger partial charge is 0.231 e. The third kappa shape index (κ3) is 3.25. The van der Waals surface area contributed by atoms with Crippen molar-refractivity contribution < 1.29 is 14.6 Å². The lowest BCUT2D eigenvalue weighted by Gasteiger charge is -2.32. The Morgan fingerprint density at radius 1 is 1.30 bits per heavy atom. The molecular formula is C16H23NO3. The normalized spacial score (nSPS) is 25.3. The number of aryl methyl sites for hydroxylation is 1. The highest BCUT2D eigenvalue weighted by molar-refractivity contribution is 5.44. The molecule has 4 nitrogen and oxygen atoms in total. The van der Waals surface area contributed by atoms with Crippen LogP contribution in [0.25, 0.3) is 0 Å². The van der Waals surface area contributed by atoms with E-state index in [9.17, 15) is 5.11 Å². The largest absolute Gasteiger partial charge is 0.454 e. The molecule has 0 aromatic heterocycles. The van der Waals surface area contributed by atoms with Gasteiger partial charge in [-0.1, -0.05) is 6.07 Å². The predicted octanol–water partition coefficient (Wildman–Crippen LogP) is 2.10. The first kappa shape index (κ1) is 13.7. The quantitative estimate of drug-likeness (QED) is 0.836. The summed E-state index contributed by atoms with van der Waals surface area (Å²) in [6, 6.07) is 6.68. The molecule has 1 aromatic carbocycles. The van der Waals surface area contributed by atoms with Crippen LogP contribution in [0.15, 0.2) is 18.2 Å². The van der Waals surface area contributed by atoms with Crippen LogP contribution in [0, 0.1) is 5.92 Å². The van der Waals surface area contributed by atoms with Crippen molar-refractivity contribution >= 4 is 0 Å². The van der Waals surface area contributed by atoms with Gasteiger partial charge in [-0.15, -0.1) is 0 Å². The number of ether oxygens (including phenoxy) is 2. The Bertz CT molecular complexity index is 457. The molecule has 1 atom stereocenters. The third-order valence-electron chi connectivity index (χ3n) is 4.27. The van der Waals surface area contributed by atoms with Gasteiger partial charge in [-0.25, -0.2) is 0 Å². The van der Waals surface area contributed by atoms with Crippen molar-refractivity contribution in [2.45, 2.75) is 44.8 Å². The molecule has 0 saturated heterocycles. The highest BCUT2D eigenvalue weighted by atomic mass is 16.7. The molecule has 1 heterocycles. The van der Waals surface area contributed by atoms with Gasteiger partial charge in [0.1, 0.15) is 0 Å². The maximum absolute atomic E-state index is 9.26. The fourth-order valence-corrected chi connectivity index (χ4v) is 2.82. The van der Waals surface area contributed by atoms with E-state index < -0.39 is 0 Å². The van der Waals surface area contributed by atoms with Crippen LogP contribution >= 0.6 is 0 Å². The van der Waals surface area contributed by atoms with Crippen molar-refractivity contribution in [3.63, 3.8) is 0 Å². The standard InChI is InChI=1S/C16H23NO3/c1-11(17-9-13-6-14(18)7-13)2-3-12-4-5-15-16(8-12)20-10-19-15/h4-5,8,11,13-14,17-18H,2-3,6-7,9-10H2,1H3. The second-order valence-corrected chi connectivity index (χ2v) is 6.03. The summed E-state index contributed by atoms with van der Waals surface area (Å²) in [6.45, 7) is 3.59. The Balaban J connectivity index is 1.40. The molecular weight excluding hydrogens is 254 g/mol. The summed E-state index contributed by atoms with van der Waals surface area (Å²) in [6.07, 6.45) is 4.02. The Morgan fingerprint density at radius 3 is 2.90 bits per heavy atom. The zero-order valence-corrected chi connectivity index (χ0v) is 12.0. The Labute approximate surface area is 120 Å². The van der Waals surface area contributed by atoms with Crippen LogP contribution in [-0.4, -0.2) is 30.6 Å². The van der Waals surface area contributed by atoms with Crippen LogP contribution in [0.3, 0.4) is 0 Å². The molecule has 4 heteroatoms. The van der Waals surface area contributed by atoms with Crippen LogP contribution in [0.5, 0.6) is 11.5 Å². The third-order valence-corrected chi connectivity index (χ3v) is 4.27. The van der Waals surface area contributed by atoms with Gasteiger partial charge in [-0.3, -0.25) is 0 Å². The van der Waals surface area contributed by atoms with Crippen LogP contribution in [0.1, 0.15) is 31.7 Å². The summed E-state index contributed by atoms with van der Waals surface area (Å²) in [5, 5.41) is 12.8. The summed E-state index contributed by atoms with van der Waals surface area (Å²) in [5.74, 6) is 2.38. The first-order valence-corrected chi connectivity index (χ1v) is 7.50. The topological polar surface area (TPSA) is 50.7 Å². The minimum absolute atomic E-state index is 0.0502. The number of aliphatic hydroxyl groups is 1. The van der Waals surface area contributed by atoms with Crippen LogP contribution in [0.4, 0.5) is 0 Å². The first-order valence-electron chi connectivity index (χ1n) is 7.50. The van der Waals surface area contributed by atoms with E-state index in [0.717, 1.165) is 43.7 Å². The number of hydrogen-bond acceptors (Lipinski definition) is 4. The molecule has 0 amide bonds. The second kappa shape index (κ2) is 6.02. The molecule has 20 heavy (non-hydrogen) atoms. The van der Waals surface area contributed by atoms with E-state index in [0.29, 0.717) is 18.8 Å². The van der Waals surface area contributed by atoms with E-state index in [1.807, 2.05) is 6.07 Å². The Kier molecular flexibility index (Phi) is 4.13. The number of aliphatic hydroxyl groups excluding tert-OH is 1.